The first-order chi connectivity index (χ1) is 10.6. The lowest BCUT2D eigenvalue weighted by Crippen LogP contribution is -2.39. The van der Waals surface area contributed by atoms with Crippen molar-refractivity contribution in [3.05, 3.63) is 57.2 Å². The van der Waals surface area contributed by atoms with Crippen LogP contribution in [0.1, 0.15) is 34.2 Å². The number of carbonyl (C=O) groups excluding carboxylic acids is 1. The van der Waals surface area contributed by atoms with Gasteiger partial charge in [0.15, 0.2) is 0 Å². The Balaban J connectivity index is 1.59. The van der Waals surface area contributed by atoms with Crippen LogP contribution in [0.2, 0.25) is 4.34 Å². The van der Waals surface area contributed by atoms with E-state index in [1.54, 1.807) is 12.1 Å². The van der Waals surface area contributed by atoms with Crippen LogP contribution in [0.4, 0.5) is 0 Å². The second-order valence-electron chi connectivity index (χ2n) is 5.59. The van der Waals surface area contributed by atoms with Crippen molar-refractivity contribution >= 4 is 28.8 Å². The van der Waals surface area contributed by atoms with Crippen LogP contribution in [0.15, 0.2) is 42.5 Å². The quantitative estimate of drug-likeness (QED) is 0.921. The summed E-state index contributed by atoms with van der Waals surface area (Å²) in [5, 5.41) is 10.5. The molecule has 0 radical (unpaired) electrons. The highest BCUT2D eigenvalue weighted by molar-refractivity contribution is 7.17. The van der Waals surface area contributed by atoms with Crippen molar-refractivity contribution < 1.29 is 9.90 Å². The molecule has 0 saturated carbocycles. The normalized spacial score (nSPS) is 17.5. The summed E-state index contributed by atoms with van der Waals surface area (Å²) in [6.07, 6.45) is 1.19. The van der Waals surface area contributed by atoms with E-state index in [9.17, 15) is 9.90 Å². The van der Waals surface area contributed by atoms with Gasteiger partial charge in [-0.05, 0) is 36.5 Å². The molecule has 1 aromatic heterocycles. The maximum atomic E-state index is 12.4. The third-order valence-electron chi connectivity index (χ3n) is 4.20. The lowest BCUT2D eigenvalue weighted by atomic mass is 9.87. The molecule has 1 aliphatic rings. The van der Waals surface area contributed by atoms with Gasteiger partial charge in [0.25, 0.3) is 5.91 Å². The fourth-order valence-electron chi connectivity index (χ4n) is 2.93. The van der Waals surface area contributed by atoms with Crippen LogP contribution in [0.25, 0.3) is 0 Å². The smallest absolute Gasteiger partial charge is 0.263 e. The first kappa shape index (κ1) is 15.5. The Kier molecular flexibility index (Phi) is 4.81. The van der Waals surface area contributed by atoms with Gasteiger partial charge in [0.05, 0.1) is 15.3 Å². The Labute approximate surface area is 139 Å². The summed E-state index contributed by atoms with van der Waals surface area (Å²) in [6, 6.07) is 13.3. The highest BCUT2D eigenvalue weighted by atomic mass is 35.5. The Bertz CT molecular complexity index is 635. The zero-order valence-electron chi connectivity index (χ0n) is 12.1. The number of benzene rings is 1. The van der Waals surface area contributed by atoms with Gasteiger partial charge in [-0.3, -0.25) is 4.79 Å². The molecule has 1 aromatic carbocycles. The van der Waals surface area contributed by atoms with Gasteiger partial charge in [-0.2, -0.15) is 0 Å². The van der Waals surface area contributed by atoms with Gasteiger partial charge in [0, 0.05) is 13.1 Å². The zero-order chi connectivity index (χ0) is 15.5. The van der Waals surface area contributed by atoms with Crippen LogP contribution >= 0.6 is 22.9 Å². The highest BCUT2D eigenvalue weighted by Gasteiger charge is 2.29. The molecule has 1 atom stereocenters. The van der Waals surface area contributed by atoms with E-state index in [2.05, 4.69) is 0 Å². The molecule has 3 nitrogen and oxygen atoms in total. The number of likely N-dealkylation sites (tertiary alicyclic amines) is 1. The average Bonchev–Trinajstić information content (AvgIpc) is 3.01. The van der Waals surface area contributed by atoms with Crippen LogP contribution in [-0.2, 0) is 0 Å². The van der Waals surface area contributed by atoms with Crippen molar-refractivity contribution in [2.75, 3.05) is 13.1 Å². The molecule has 2 heterocycles. The number of carbonyl (C=O) groups is 1. The van der Waals surface area contributed by atoms with Gasteiger partial charge >= 0.3 is 0 Å². The van der Waals surface area contributed by atoms with Crippen molar-refractivity contribution in [1.29, 1.82) is 0 Å². The van der Waals surface area contributed by atoms with Crippen LogP contribution in [0, 0.1) is 5.92 Å². The highest BCUT2D eigenvalue weighted by Crippen LogP contribution is 2.31. The zero-order valence-corrected chi connectivity index (χ0v) is 13.7. The Morgan fingerprint density at radius 1 is 1.18 bits per heavy atom. The van der Waals surface area contributed by atoms with Crippen LogP contribution in [0.3, 0.4) is 0 Å². The van der Waals surface area contributed by atoms with Crippen LogP contribution in [-0.4, -0.2) is 29.0 Å². The summed E-state index contributed by atoms with van der Waals surface area (Å²) in [4.78, 5) is 14.9. The molecule has 1 N–H and O–H groups in total. The third-order valence-corrected chi connectivity index (χ3v) is 5.42. The van der Waals surface area contributed by atoms with Gasteiger partial charge < -0.3 is 10.0 Å². The average molecular weight is 336 g/mol. The predicted molar refractivity (Wildman–Crippen MR) is 89.4 cm³/mol. The number of nitrogens with zero attached hydrogens (tertiary/aromatic N) is 1. The van der Waals surface area contributed by atoms with E-state index in [0.717, 1.165) is 18.4 Å². The second-order valence-corrected chi connectivity index (χ2v) is 7.30. The lowest BCUT2D eigenvalue weighted by Gasteiger charge is -2.34. The number of hydrogen-bond acceptors (Lipinski definition) is 3. The Morgan fingerprint density at radius 2 is 1.86 bits per heavy atom. The Hall–Kier alpha value is -1.36. The first-order valence-electron chi connectivity index (χ1n) is 7.43. The molecular formula is C17H18ClNO2S. The number of piperidine rings is 1. The van der Waals surface area contributed by atoms with Crippen LogP contribution in [0.5, 0.6) is 0 Å². The number of thiophene rings is 1. The second kappa shape index (κ2) is 6.82. The standard InChI is InChI=1S/C17H18ClNO2S/c18-15-7-6-14(22-15)17(21)19-10-8-13(9-11-19)16(20)12-4-2-1-3-5-12/h1-7,13,16,20H,8-11H2. The largest absolute Gasteiger partial charge is 0.388 e. The number of hydrogen-bond donors (Lipinski definition) is 1. The van der Waals surface area contributed by atoms with E-state index in [4.69, 9.17) is 11.6 Å². The van der Waals surface area contributed by atoms with Crippen molar-refractivity contribution in [3.8, 4) is 0 Å². The number of amides is 1. The summed E-state index contributed by atoms with van der Waals surface area (Å²) in [6.45, 7) is 1.37. The number of aliphatic hydroxyl groups is 1. The number of aliphatic hydroxyl groups excluding tert-OH is 1. The number of rotatable bonds is 3. The van der Waals surface area contributed by atoms with E-state index in [-0.39, 0.29) is 11.8 Å². The summed E-state index contributed by atoms with van der Waals surface area (Å²) >= 11 is 7.21. The molecule has 1 aliphatic heterocycles. The topological polar surface area (TPSA) is 40.5 Å². The third kappa shape index (κ3) is 3.35. The van der Waals surface area contributed by atoms with Crippen LogP contribution < -0.4 is 0 Å². The van der Waals surface area contributed by atoms with E-state index < -0.39 is 6.10 Å². The molecule has 1 saturated heterocycles. The van der Waals surface area contributed by atoms with E-state index in [1.165, 1.54) is 11.3 Å². The maximum absolute atomic E-state index is 12.4. The first-order valence-corrected chi connectivity index (χ1v) is 8.62. The summed E-state index contributed by atoms with van der Waals surface area (Å²) < 4.78 is 0.637. The molecule has 116 valence electrons. The van der Waals surface area contributed by atoms with Gasteiger partial charge in [0.2, 0.25) is 0 Å². The minimum absolute atomic E-state index is 0.0459. The Morgan fingerprint density at radius 3 is 2.45 bits per heavy atom. The molecule has 0 spiro atoms. The lowest BCUT2D eigenvalue weighted by molar-refractivity contribution is 0.0465. The van der Waals surface area contributed by atoms with Gasteiger partial charge in [0.1, 0.15) is 0 Å². The molecular weight excluding hydrogens is 318 g/mol. The molecule has 3 rings (SSSR count). The number of halogens is 1. The minimum atomic E-state index is -0.449. The molecule has 2 aromatic rings. The molecule has 22 heavy (non-hydrogen) atoms. The van der Waals surface area contributed by atoms with Gasteiger partial charge in [-0.15, -0.1) is 11.3 Å². The van der Waals surface area contributed by atoms with Gasteiger partial charge in [-0.1, -0.05) is 41.9 Å². The maximum Gasteiger partial charge on any atom is 0.263 e. The van der Waals surface area contributed by atoms with E-state index in [0.29, 0.717) is 22.3 Å². The molecule has 5 heteroatoms. The summed E-state index contributed by atoms with van der Waals surface area (Å²) in [7, 11) is 0. The minimum Gasteiger partial charge on any atom is -0.388 e. The molecule has 1 amide bonds. The summed E-state index contributed by atoms with van der Waals surface area (Å²) in [5.41, 5.74) is 0.956. The fraction of sp³-hybridized carbons (Fsp3) is 0.353. The van der Waals surface area contributed by atoms with Crippen molar-refractivity contribution in [2.45, 2.75) is 18.9 Å². The van der Waals surface area contributed by atoms with Crippen molar-refractivity contribution in [3.63, 3.8) is 0 Å². The van der Waals surface area contributed by atoms with E-state index in [1.807, 2.05) is 35.2 Å². The van der Waals surface area contributed by atoms with Crippen molar-refractivity contribution in [1.82, 2.24) is 4.90 Å². The summed E-state index contributed by atoms with van der Waals surface area (Å²) in [5.74, 6) is 0.253. The molecule has 0 aliphatic carbocycles. The molecule has 1 unspecified atom stereocenters. The predicted octanol–water partition coefficient (Wildman–Crippen LogP) is 3.99. The molecule has 1 fully saturated rings. The van der Waals surface area contributed by atoms with Crippen molar-refractivity contribution in [2.24, 2.45) is 5.92 Å². The van der Waals surface area contributed by atoms with E-state index >= 15 is 0 Å². The fourth-order valence-corrected chi connectivity index (χ4v) is 3.94. The molecule has 0 bridgehead atoms. The SMILES string of the molecule is O=C(c1ccc(Cl)s1)N1CCC(C(O)c2ccccc2)CC1. The van der Waals surface area contributed by atoms with Gasteiger partial charge in [-0.25, -0.2) is 0 Å². The monoisotopic (exact) mass is 335 g/mol.